The lowest BCUT2D eigenvalue weighted by atomic mass is 10.1. The Morgan fingerprint density at radius 1 is 0.900 bits per heavy atom. The van der Waals surface area contributed by atoms with Crippen LogP contribution in [0, 0.1) is 6.92 Å². The molecule has 7 heteroatoms. The molecular weight excluding hydrogens is 380 g/mol. The van der Waals surface area contributed by atoms with Gasteiger partial charge in [0.2, 0.25) is 11.8 Å². The first kappa shape index (κ1) is 21.7. The Hall–Kier alpha value is -3.03. The zero-order chi connectivity index (χ0) is 21.5. The molecule has 0 saturated heterocycles. The highest BCUT2D eigenvalue weighted by Crippen LogP contribution is 2.24. The zero-order valence-corrected chi connectivity index (χ0v) is 18.0. The molecule has 0 aliphatic heterocycles. The summed E-state index contributed by atoms with van der Waals surface area (Å²) in [7, 11) is 5.62. The van der Waals surface area contributed by atoms with Gasteiger partial charge in [-0.15, -0.1) is 10.2 Å². The molecule has 1 aromatic heterocycles. The number of carbonyl (C=O) groups is 1. The molecule has 30 heavy (non-hydrogen) atoms. The number of rotatable bonds is 9. The summed E-state index contributed by atoms with van der Waals surface area (Å²) in [6.45, 7) is 4.51. The third-order valence-corrected chi connectivity index (χ3v) is 4.77. The second-order valence-corrected chi connectivity index (χ2v) is 7.44. The molecule has 0 atom stereocenters. The van der Waals surface area contributed by atoms with Gasteiger partial charge >= 0.3 is 0 Å². The van der Waals surface area contributed by atoms with Gasteiger partial charge in [-0.25, -0.2) is 0 Å². The standard InChI is InChI=1S/C23H28N4O3/c1-17-5-7-18(8-6-17)21-24-25-22(30-21)19-9-11-20(12-10-19)23(28)27(15-16-29-4)14-13-26(2)3/h5-12H,13-16H2,1-4H3. The molecule has 0 N–H and O–H groups in total. The van der Waals surface area contributed by atoms with E-state index in [1.165, 1.54) is 5.56 Å². The topological polar surface area (TPSA) is 71.7 Å². The average molecular weight is 409 g/mol. The van der Waals surface area contributed by atoms with E-state index in [0.717, 1.165) is 17.7 Å². The van der Waals surface area contributed by atoms with Gasteiger partial charge < -0.3 is 19.0 Å². The van der Waals surface area contributed by atoms with Crippen LogP contribution in [0.15, 0.2) is 52.9 Å². The number of carbonyl (C=O) groups excluding carboxylic acids is 1. The molecule has 1 amide bonds. The van der Waals surface area contributed by atoms with Crippen LogP contribution in [0.4, 0.5) is 0 Å². The third-order valence-electron chi connectivity index (χ3n) is 4.77. The maximum absolute atomic E-state index is 12.9. The molecule has 0 spiro atoms. The van der Waals surface area contributed by atoms with Crippen LogP contribution in [0.2, 0.25) is 0 Å². The van der Waals surface area contributed by atoms with Gasteiger partial charge in [-0.1, -0.05) is 17.7 Å². The summed E-state index contributed by atoms with van der Waals surface area (Å²) >= 11 is 0. The maximum Gasteiger partial charge on any atom is 0.253 e. The number of aromatic nitrogens is 2. The molecule has 0 saturated carbocycles. The number of likely N-dealkylation sites (N-methyl/N-ethyl adjacent to an activating group) is 1. The number of aryl methyl sites for hydroxylation is 1. The van der Waals surface area contributed by atoms with Crippen molar-refractivity contribution >= 4 is 5.91 Å². The number of amides is 1. The van der Waals surface area contributed by atoms with Gasteiger partial charge in [0.05, 0.1) is 6.61 Å². The number of ether oxygens (including phenoxy) is 1. The molecule has 0 aliphatic rings. The van der Waals surface area contributed by atoms with E-state index < -0.39 is 0 Å². The summed E-state index contributed by atoms with van der Waals surface area (Å²) in [6, 6.07) is 15.2. The van der Waals surface area contributed by atoms with Gasteiger partial charge in [0.25, 0.3) is 5.91 Å². The van der Waals surface area contributed by atoms with E-state index in [0.29, 0.717) is 37.0 Å². The van der Waals surface area contributed by atoms with Crippen molar-refractivity contribution in [2.75, 3.05) is 47.4 Å². The molecule has 3 rings (SSSR count). The van der Waals surface area contributed by atoms with Crippen LogP contribution in [0.25, 0.3) is 22.9 Å². The van der Waals surface area contributed by atoms with Crippen molar-refractivity contribution in [1.29, 1.82) is 0 Å². The Balaban J connectivity index is 1.73. The smallest absolute Gasteiger partial charge is 0.253 e. The minimum atomic E-state index is -0.0219. The summed E-state index contributed by atoms with van der Waals surface area (Å²) in [5, 5.41) is 8.29. The second-order valence-electron chi connectivity index (χ2n) is 7.44. The van der Waals surface area contributed by atoms with Crippen molar-refractivity contribution in [2.24, 2.45) is 0 Å². The molecule has 2 aromatic carbocycles. The summed E-state index contributed by atoms with van der Waals surface area (Å²) in [5.41, 5.74) is 3.44. The summed E-state index contributed by atoms with van der Waals surface area (Å²) < 4.78 is 11.0. The minimum Gasteiger partial charge on any atom is -0.416 e. The summed E-state index contributed by atoms with van der Waals surface area (Å²) in [5.74, 6) is 0.874. The van der Waals surface area contributed by atoms with Crippen LogP contribution in [-0.4, -0.2) is 73.4 Å². The Morgan fingerprint density at radius 2 is 1.47 bits per heavy atom. The fourth-order valence-corrected chi connectivity index (χ4v) is 2.93. The molecule has 0 bridgehead atoms. The zero-order valence-electron chi connectivity index (χ0n) is 18.0. The lowest BCUT2D eigenvalue weighted by Crippen LogP contribution is -2.38. The predicted octanol–water partition coefficient (Wildman–Crippen LogP) is 3.36. The Kier molecular flexibility index (Phi) is 7.32. The van der Waals surface area contributed by atoms with E-state index in [1.54, 1.807) is 24.1 Å². The molecule has 0 aliphatic carbocycles. The lowest BCUT2D eigenvalue weighted by molar-refractivity contribution is 0.0683. The first-order valence-electron chi connectivity index (χ1n) is 9.92. The van der Waals surface area contributed by atoms with Crippen LogP contribution in [0.5, 0.6) is 0 Å². The quantitative estimate of drug-likeness (QED) is 0.541. The average Bonchev–Trinajstić information content (AvgIpc) is 3.24. The van der Waals surface area contributed by atoms with Crippen molar-refractivity contribution < 1.29 is 13.9 Å². The Morgan fingerprint density at radius 3 is 2.00 bits per heavy atom. The van der Waals surface area contributed by atoms with E-state index in [-0.39, 0.29) is 5.91 Å². The second kappa shape index (κ2) is 10.1. The normalized spacial score (nSPS) is 11.1. The van der Waals surface area contributed by atoms with Gasteiger partial charge in [-0.3, -0.25) is 4.79 Å². The first-order valence-corrected chi connectivity index (χ1v) is 9.92. The van der Waals surface area contributed by atoms with Crippen LogP contribution in [0.3, 0.4) is 0 Å². The molecule has 7 nitrogen and oxygen atoms in total. The highest BCUT2D eigenvalue weighted by molar-refractivity contribution is 5.94. The Labute approximate surface area is 177 Å². The number of hydrogen-bond acceptors (Lipinski definition) is 6. The molecule has 0 unspecified atom stereocenters. The van der Waals surface area contributed by atoms with Crippen LogP contribution in [0.1, 0.15) is 15.9 Å². The van der Waals surface area contributed by atoms with Crippen molar-refractivity contribution in [2.45, 2.75) is 6.92 Å². The fraction of sp³-hybridized carbons (Fsp3) is 0.348. The molecular formula is C23H28N4O3. The van der Waals surface area contributed by atoms with Crippen molar-refractivity contribution in [3.05, 3.63) is 59.7 Å². The summed E-state index contributed by atoms with van der Waals surface area (Å²) in [6.07, 6.45) is 0. The molecule has 0 fully saturated rings. The SMILES string of the molecule is COCCN(CCN(C)C)C(=O)c1ccc(-c2nnc(-c3ccc(C)cc3)o2)cc1. The van der Waals surface area contributed by atoms with E-state index >= 15 is 0 Å². The summed E-state index contributed by atoms with van der Waals surface area (Å²) in [4.78, 5) is 16.8. The lowest BCUT2D eigenvalue weighted by Gasteiger charge is -2.24. The Bertz CT molecular complexity index is 949. The minimum absolute atomic E-state index is 0.0219. The van der Waals surface area contributed by atoms with Crippen molar-refractivity contribution in [3.63, 3.8) is 0 Å². The van der Waals surface area contributed by atoms with Gasteiger partial charge in [0.1, 0.15) is 0 Å². The molecule has 0 radical (unpaired) electrons. The molecule has 158 valence electrons. The van der Waals surface area contributed by atoms with Gasteiger partial charge in [-0.2, -0.15) is 0 Å². The van der Waals surface area contributed by atoms with E-state index in [4.69, 9.17) is 9.15 Å². The largest absolute Gasteiger partial charge is 0.416 e. The van der Waals surface area contributed by atoms with E-state index in [1.807, 2.05) is 57.4 Å². The molecule has 1 heterocycles. The van der Waals surface area contributed by atoms with E-state index in [2.05, 4.69) is 15.1 Å². The highest BCUT2D eigenvalue weighted by atomic mass is 16.5. The van der Waals surface area contributed by atoms with Crippen molar-refractivity contribution in [3.8, 4) is 22.9 Å². The van der Waals surface area contributed by atoms with E-state index in [9.17, 15) is 4.79 Å². The highest BCUT2D eigenvalue weighted by Gasteiger charge is 2.17. The van der Waals surface area contributed by atoms with Gasteiger partial charge in [0.15, 0.2) is 0 Å². The van der Waals surface area contributed by atoms with Crippen LogP contribution < -0.4 is 0 Å². The number of nitrogens with zero attached hydrogens (tertiary/aromatic N) is 4. The predicted molar refractivity (Wildman–Crippen MR) is 116 cm³/mol. The van der Waals surface area contributed by atoms with Crippen LogP contribution >= 0.6 is 0 Å². The third kappa shape index (κ3) is 5.52. The maximum atomic E-state index is 12.9. The number of methoxy groups -OCH3 is 1. The molecule has 3 aromatic rings. The first-order chi connectivity index (χ1) is 14.5. The number of benzene rings is 2. The monoisotopic (exact) mass is 408 g/mol. The van der Waals surface area contributed by atoms with Crippen LogP contribution in [-0.2, 0) is 4.74 Å². The van der Waals surface area contributed by atoms with Gasteiger partial charge in [0, 0.05) is 43.4 Å². The van der Waals surface area contributed by atoms with Crippen molar-refractivity contribution in [1.82, 2.24) is 20.0 Å². The van der Waals surface area contributed by atoms with Gasteiger partial charge in [-0.05, 0) is 57.4 Å². The number of hydrogen-bond donors (Lipinski definition) is 0. The fourth-order valence-electron chi connectivity index (χ4n) is 2.93.